The van der Waals surface area contributed by atoms with E-state index in [2.05, 4.69) is 0 Å². The zero-order valence-corrected chi connectivity index (χ0v) is 9.41. The second-order valence-corrected chi connectivity index (χ2v) is 4.81. The predicted molar refractivity (Wildman–Crippen MR) is 56.4 cm³/mol. The normalized spacial score (nSPS) is 22.5. The quantitative estimate of drug-likeness (QED) is 0.606. The lowest BCUT2D eigenvalue weighted by Gasteiger charge is -2.11. The highest BCUT2D eigenvalue weighted by atomic mass is 16.6. The van der Waals surface area contributed by atoms with Crippen LogP contribution < -0.4 is 0 Å². The molecule has 2 aliphatic rings. The SMILES string of the molecule is CC(OCC(=O)OCCC1CC1)C1CC1. The first kappa shape index (κ1) is 10.9. The summed E-state index contributed by atoms with van der Waals surface area (Å²) in [4.78, 5) is 11.2. The van der Waals surface area contributed by atoms with E-state index in [1.165, 1.54) is 25.7 Å². The molecule has 0 N–H and O–H groups in total. The summed E-state index contributed by atoms with van der Waals surface area (Å²) in [5.74, 6) is 1.30. The van der Waals surface area contributed by atoms with Crippen LogP contribution in [-0.4, -0.2) is 25.3 Å². The summed E-state index contributed by atoms with van der Waals surface area (Å²) in [6.07, 6.45) is 6.38. The van der Waals surface area contributed by atoms with Crippen molar-refractivity contribution < 1.29 is 14.3 Å². The van der Waals surface area contributed by atoms with Crippen molar-refractivity contribution in [3.8, 4) is 0 Å². The molecule has 0 spiro atoms. The largest absolute Gasteiger partial charge is 0.464 e. The first-order valence-corrected chi connectivity index (χ1v) is 6.03. The van der Waals surface area contributed by atoms with Gasteiger partial charge >= 0.3 is 5.97 Å². The van der Waals surface area contributed by atoms with Crippen molar-refractivity contribution in [3.05, 3.63) is 0 Å². The highest BCUT2D eigenvalue weighted by Gasteiger charge is 2.29. The minimum Gasteiger partial charge on any atom is -0.464 e. The number of carbonyl (C=O) groups excluding carboxylic acids is 1. The van der Waals surface area contributed by atoms with Crippen LogP contribution in [-0.2, 0) is 14.3 Å². The number of rotatable bonds is 7. The van der Waals surface area contributed by atoms with Crippen molar-refractivity contribution >= 4 is 5.97 Å². The van der Waals surface area contributed by atoms with Crippen molar-refractivity contribution in [1.29, 1.82) is 0 Å². The van der Waals surface area contributed by atoms with E-state index in [-0.39, 0.29) is 18.7 Å². The number of hydrogen-bond acceptors (Lipinski definition) is 3. The molecule has 0 aromatic heterocycles. The van der Waals surface area contributed by atoms with E-state index < -0.39 is 0 Å². The van der Waals surface area contributed by atoms with Gasteiger partial charge in [0.25, 0.3) is 0 Å². The van der Waals surface area contributed by atoms with E-state index in [9.17, 15) is 4.79 Å². The van der Waals surface area contributed by atoms with Gasteiger partial charge in [0.1, 0.15) is 6.61 Å². The molecule has 3 nitrogen and oxygen atoms in total. The van der Waals surface area contributed by atoms with Crippen molar-refractivity contribution in [2.75, 3.05) is 13.2 Å². The zero-order chi connectivity index (χ0) is 10.7. The Morgan fingerprint density at radius 3 is 2.67 bits per heavy atom. The summed E-state index contributed by atoms with van der Waals surface area (Å²) in [5, 5.41) is 0. The zero-order valence-electron chi connectivity index (χ0n) is 9.41. The topological polar surface area (TPSA) is 35.5 Å². The minimum atomic E-state index is -0.205. The molecular formula is C12H20O3. The van der Waals surface area contributed by atoms with Crippen LogP contribution in [0.2, 0.25) is 0 Å². The molecule has 3 heteroatoms. The van der Waals surface area contributed by atoms with Crippen LogP contribution in [0, 0.1) is 11.8 Å². The lowest BCUT2D eigenvalue weighted by Crippen LogP contribution is -2.19. The molecule has 0 aromatic carbocycles. The van der Waals surface area contributed by atoms with E-state index in [0.29, 0.717) is 12.5 Å². The Labute approximate surface area is 91.1 Å². The molecule has 0 amide bonds. The van der Waals surface area contributed by atoms with E-state index >= 15 is 0 Å². The third-order valence-electron chi connectivity index (χ3n) is 3.24. The summed E-state index contributed by atoms with van der Waals surface area (Å²) in [6.45, 7) is 2.74. The third kappa shape index (κ3) is 4.20. The molecule has 2 aliphatic carbocycles. The summed E-state index contributed by atoms with van der Waals surface area (Å²) < 4.78 is 10.5. The highest BCUT2D eigenvalue weighted by molar-refractivity contribution is 5.70. The van der Waals surface area contributed by atoms with Crippen LogP contribution in [0.25, 0.3) is 0 Å². The van der Waals surface area contributed by atoms with Crippen LogP contribution in [0.4, 0.5) is 0 Å². The first-order chi connectivity index (χ1) is 7.25. The van der Waals surface area contributed by atoms with Gasteiger partial charge in [-0.25, -0.2) is 4.79 Å². The molecule has 86 valence electrons. The Hall–Kier alpha value is -0.570. The lowest BCUT2D eigenvalue weighted by atomic mass is 10.3. The summed E-state index contributed by atoms with van der Waals surface area (Å²) in [5.41, 5.74) is 0. The average Bonchev–Trinajstić information content (AvgIpc) is 3.02. The number of ether oxygens (including phenoxy) is 2. The van der Waals surface area contributed by atoms with E-state index in [1.54, 1.807) is 0 Å². The number of hydrogen-bond donors (Lipinski definition) is 0. The maximum absolute atomic E-state index is 11.2. The Bertz CT molecular complexity index is 219. The van der Waals surface area contributed by atoms with Gasteiger partial charge in [-0.3, -0.25) is 0 Å². The van der Waals surface area contributed by atoms with Crippen molar-refractivity contribution in [2.45, 2.75) is 45.1 Å². The van der Waals surface area contributed by atoms with Gasteiger partial charge in [0.15, 0.2) is 0 Å². The lowest BCUT2D eigenvalue weighted by molar-refractivity contribution is -0.151. The van der Waals surface area contributed by atoms with Gasteiger partial charge < -0.3 is 9.47 Å². The molecule has 2 fully saturated rings. The fourth-order valence-electron chi connectivity index (χ4n) is 1.69. The molecule has 15 heavy (non-hydrogen) atoms. The fourth-order valence-corrected chi connectivity index (χ4v) is 1.69. The van der Waals surface area contributed by atoms with Crippen LogP contribution in [0.15, 0.2) is 0 Å². The molecule has 0 radical (unpaired) electrons. The van der Waals surface area contributed by atoms with Gasteiger partial charge in [-0.15, -0.1) is 0 Å². The first-order valence-electron chi connectivity index (χ1n) is 6.03. The second-order valence-electron chi connectivity index (χ2n) is 4.81. The molecule has 1 atom stereocenters. The van der Waals surface area contributed by atoms with Gasteiger partial charge in [0, 0.05) is 0 Å². The van der Waals surface area contributed by atoms with E-state index in [4.69, 9.17) is 9.47 Å². The van der Waals surface area contributed by atoms with Gasteiger partial charge in [0.2, 0.25) is 0 Å². The summed E-state index contributed by atoms with van der Waals surface area (Å²) in [6, 6.07) is 0. The Kier molecular flexibility index (Phi) is 3.62. The highest BCUT2D eigenvalue weighted by Crippen LogP contribution is 2.34. The van der Waals surface area contributed by atoms with E-state index in [1.807, 2.05) is 6.92 Å². The molecule has 2 saturated carbocycles. The summed E-state index contributed by atoms with van der Waals surface area (Å²) >= 11 is 0. The van der Waals surface area contributed by atoms with Gasteiger partial charge in [0.05, 0.1) is 12.7 Å². The second kappa shape index (κ2) is 4.97. The smallest absolute Gasteiger partial charge is 0.332 e. The van der Waals surface area contributed by atoms with Crippen LogP contribution in [0.1, 0.15) is 39.0 Å². The Balaban J connectivity index is 1.47. The number of esters is 1. The van der Waals surface area contributed by atoms with Crippen molar-refractivity contribution in [2.24, 2.45) is 11.8 Å². The molecular weight excluding hydrogens is 192 g/mol. The molecule has 0 bridgehead atoms. The number of carbonyl (C=O) groups is 1. The monoisotopic (exact) mass is 212 g/mol. The predicted octanol–water partition coefficient (Wildman–Crippen LogP) is 2.14. The molecule has 0 aliphatic heterocycles. The van der Waals surface area contributed by atoms with E-state index in [0.717, 1.165) is 12.3 Å². The van der Waals surface area contributed by atoms with Gasteiger partial charge in [-0.05, 0) is 38.0 Å². The maximum Gasteiger partial charge on any atom is 0.332 e. The average molecular weight is 212 g/mol. The van der Waals surface area contributed by atoms with Gasteiger partial charge in [-0.2, -0.15) is 0 Å². The molecule has 1 unspecified atom stereocenters. The summed E-state index contributed by atoms with van der Waals surface area (Å²) in [7, 11) is 0. The minimum absolute atomic E-state index is 0.127. The van der Waals surface area contributed by atoms with Crippen LogP contribution in [0.5, 0.6) is 0 Å². The fraction of sp³-hybridized carbons (Fsp3) is 0.917. The molecule has 0 heterocycles. The van der Waals surface area contributed by atoms with Crippen LogP contribution >= 0.6 is 0 Å². The Morgan fingerprint density at radius 1 is 1.33 bits per heavy atom. The molecule has 2 rings (SSSR count). The molecule has 0 aromatic rings. The van der Waals surface area contributed by atoms with Crippen molar-refractivity contribution in [1.82, 2.24) is 0 Å². The van der Waals surface area contributed by atoms with Crippen molar-refractivity contribution in [3.63, 3.8) is 0 Å². The van der Waals surface area contributed by atoms with Crippen LogP contribution in [0.3, 0.4) is 0 Å². The Morgan fingerprint density at radius 2 is 2.07 bits per heavy atom. The standard InChI is InChI=1S/C12H20O3/c1-9(11-4-5-11)15-8-12(13)14-7-6-10-2-3-10/h9-11H,2-8H2,1H3. The molecule has 0 saturated heterocycles. The maximum atomic E-state index is 11.2. The third-order valence-corrected chi connectivity index (χ3v) is 3.24. The van der Waals surface area contributed by atoms with Gasteiger partial charge in [-0.1, -0.05) is 12.8 Å².